The summed E-state index contributed by atoms with van der Waals surface area (Å²) in [6.45, 7) is 6.64. The molecule has 1 aliphatic heterocycles. The number of sulfonamides is 1. The number of rotatable bonds is 6. The molecule has 5 heteroatoms. The van der Waals surface area contributed by atoms with Crippen molar-refractivity contribution in [3.05, 3.63) is 0 Å². The average molecular weight is 274 g/mol. The zero-order chi connectivity index (χ0) is 13.2. The van der Waals surface area contributed by atoms with Crippen molar-refractivity contribution in [3.8, 4) is 0 Å². The standard InChI is InChI=1S/C13H26N2O2S/c1-11(2)15(9-12-3-4-12)18(16,17)10-13-5-7-14-8-6-13/h11-14H,3-10H2,1-2H3. The zero-order valence-corrected chi connectivity index (χ0v) is 12.4. The number of hydrogen-bond donors (Lipinski definition) is 1. The highest BCUT2D eigenvalue weighted by molar-refractivity contribution is 7.89. The third kappa shape index (κ3) is 3.93. The van der Waals surface area contributed by atoms with Gasteiger partial charge in [0.25, 0.3) is 0 Å². The molecule has 2 rings (SSSR count). The second kappa shape index (κ2) is 5.88. The van der Waals surface area contributed by atoms with Crippen molar-refractivity contribution >= 4 is 10.0 Å². The van der Waals surface area contributed by atoms with Gasteiger partial charge in [0.05, 0.1) is 5.75 Å². The Morgan fingerprint density at radius 2 is 1.72 bits per heavy atom. The van der Waals surface area contributed by atoms with E-state index in [0.29, 0.717) is 17.6 Å². The van der Waals surface area contributed by atoms with E-state index in [1.54, 1.807) is 4.31 Å². The molecule has 1 saturated heterocycles. The molecule has 1 saturated carbocycles. The Morgan fingerprint density at radius 3 is 2.22 bits per heavy atom. The van der Waals surface area contributed by atoms with E-state index in [-0.39, 0.29) is 6.04 Å². The monoisotopic (exact) mass is 274 g/mol. The van der Waals surface area contributed by atoms with E-state index in [0.717, 1.165) is 32.5 Å². The van der Waals surface area contributed by atoms with Crippen LogP contribution in [-0.2, 0) is 10.0 Å². The van der Waals surface area contributed by atoms with Gasteiger partial charge in [-0.05, 0) is 64.5 Å². The highest BCUT2D eigenvalue weighted by Gasteiger charge is 2.33. The van der Waals surface area contributed by atoms with Gasteiger partial charge in [-0.3, -0.25) is 0 Å². The largest absolute Gasteiger partial charge is 0.317 e. The maximum absolute atomic E-state index is 12.5. The van der Waals surface area contributed by atoms with Crippen LogP contribution < -0.4 is 5.32 Å². The maximum atomic E-state index is 12.5. The van der Waals surface area contributed by atoms with Gasteiger partial charge in [-0.1, -0.05) is 0 Å². The van der Waals surface area contributed by atoms with Crippen LogP contribution in [0.1, 0.15) is 39.5 Å². The van der Waals surface area contributed by atoms with Crippen LogP contribution in [0.5, 0.6) is 0 Å². The van der Waals surface area contributed by atoms with E-state index < -0.39 is 10.0 Å². The Balaban J connectivity index is 1.96. The molecule has 106 valence electrons. The predicted octanol–water partition coefficient (Wildman–Crippen LogP) is 1.44. The highest BCUT2D eigenvalue weighted by atomic mass is 32.2. The van der Waals surface area contributed by atoms with E-state index in [1.807, 2.05) is 13.8 Å². The SMILES string of the molecule is CC(C)N(CC1CC1)S(=O)(=O)CC1CCNCC1. The van der Waals surface area contributed by atoms with Crippen molar-refractivity contribution in [3.63, 3.8) is 0 Å². The van der Waals surface area contributed by atoms with Gasteiger partial charge in [0.1, 0.15) is 0 Å². The lowest BCUT2D eigenvalue weighted by Gasteiger charge is -2.29. The normalized spacial score (nSPS) is 22.9. The summed E-state index contributed by atoms with van der Waals surface area (Å²) in [7, 11) is -3.07. The summed E-state index contributed by atoms with van der Waals surface area (Å²) in [6.07, 6.45) is 4.39. The minimum atomic E-state index is -3.07. The first kappa shape index (κ1) is 14.3. The molecule has 0 bridgehead atoms. The Kier molecular flexibility index (Phi) is 4.67. The van der Waals surface area contributed by atoms with E-state index >= 15 is 0 Å². The minimum Gasteiger partial charge on any atom is -0.317 e. The zero-order valence-electron chi connectivity index (χ0n) is 11.6. The molecule has 0 unspecified atom stereocenters. The molecular weight excluding hydrogens is 248 g/mol. The highest BCUT2D eigenvalue weighted by Crippen LogP contribution is 2.31. The van der Waals surface area contributed by atoms with E-state index in [4.69, 9.17) is 0 Å². The molecule has 0 aromatic heterocycles. The molecule has 0 aromatic carbocycles. The molecule has 1 heterocycles. The Morgan fingerprint density at radius 1 is 1.11 bits per heavy atom. The van der Waals surface area contributed by atoms with Crippen molar-refractivity contribution in [2.24, 2.45) is 11.8 Å². The van der Waals surface area contributed by atoms with Crippen LogP contribution in [0.3, 0.4) is 0 Å². The first-order valence-corrected chi connectivity index (χ1v) is 8.80. The molecule has 0 atom stereocenters. The van der Waals surface area contributed by atoms with Crippen LogP contribution in [0.4, 0.5) is 0 Å². The van der Waals surface area contributed by atoms with Gasteiger partial charge < -0.3 is 5.32 Å². The smallest absolute Gasteiger partial charge is 0.214 e. The molecule has 4 nitrogen and oxygen atoms in total. The third-order valence-electron chi connectivity index (χ3n) is 3.97. The molecule has 18 heavy (non-hydrogen) atoms. The van der Waals surface area contributed by atoms with Crippen LogP contribution in [-0.4, -0.2) is 44.2 Å². The Hall–Kier alpha value is -0.130. The summed E-state index contributed by atoms with van der Waals surface area (Å²) in [6, 6.07) is 0.0947. The minimum absolute atomic E-state index is 0.0947. The van der Waals surface area contributed by atoms with Crippen LogP contribution in [0, 0.1) is 11.8 Å². The summed E-state index contributed by atoms with van der Waals surface area (Å²) in [5, 5.41) is 3.29. The number of hydrogen-bond acceptors (Lipinski definition) is 3. The van der Waals surface area contributed by atoms with Crippen LogP contribution in [0.15, 0.2) is 0 Å². The fraction of sp³-hybridized carbons (Fsp3) is 1.00. The fourth-order valence-electron chi connectivity index (χ4n) is 2.64. The van der Waals surface area contributed by atoms with Crippen molar-refractivity contribution in [1.29, 1.82) is 0 Å². The lowest BCUT2D eigenvalue weighted by Crippen LogP contribution is -2.42. The van der Waals surface area contributed by atoms with Gasteiger partial charge in [-0.15, -0.1) is 0 Å². The molecule has 2 fully saturated rings. The quantitative estimate of drug-likeness (QED) is 0.797. The topological polar surface area (TPSA) is 49.4 Å². The first-order chi connectivity index (χ1) is 8.49. The van der Waals surface area contributed by atoms with E-state index in [9.17, 15) is 8.42 Å². The number of nitrogens with one attached hydrogen (secondary N) is 1. The number of piperidine rings is 1. The van der Waals surface area contributed by atoms with Gasteiger partial charge in [0.2, 0.25) is 10.0 Å². The summed E-state index contributed by atoms with van der Waals surface area (Å²) in [4.78, 5) is 0. The molecular formula is C13H26N2O2S. The summed E-state index contributed by atoms with van der Waals surface area (Å²) < 4.78 is 26.8. The average Bonchev–Trinajstić information content (AvgIpc) is 3.09. The number of nitrogens with zero attached hydrogens (tertiary/aromatic N) is 1. The lowest BCUT2D eigenvalue weighted by molar-refractivity contribution is 0.330. The summed E-state index contributed by atoms with van der Waals surface area (Å²) in [5.74, 6) is 1.31. The van der Waals surface area contributed by atoms with Crippen molar-refractivity contribution in [2.45, 2.75) is 45.6 Å². The molecule has 0 radical (unpaired) electrons. The fourth-order valence-corrected chi connectivity index (χ4v) is 4.84. The molecule has 0 amide bonds. The van der Waals surface area contributed by atoms with Crippen LogP contribution in [0.2, 0.25) is 0 Å². The van der Waals surface area contributed by atoms with E-state index in [2.05, 4.69) is 5.32 Å². The first-order valence-electron chi connectivity index (χ1n) is 7.19. The third-order valence-corrected chi connectivity index (χ3v) is 6.15. The molecule has 1 N–H and O–H groups in total. The van der Waals surface area contributed by atoms with Gasteiger partial charge in [-0.2, -0.15) is 4.31 Å². The molecule has 0 spiro atoms. The van der Waals surface area contributed by atoms with Crippen molar-refractivity contribution in [1.82, 2.24) is 9.62 Å². The lowest BCUT2D eigenvalue weighted by atomic mass is 10.0. The summed E-state index contributed by atoms with van der Waals surface area (Å²) in [5.41, 5.74) is 0. The van der Waals surface area contributed by atoms with Crippen molar-refractivity contribution < 1.29 is 8.42 Å². The van der Waals surface area contributed by atoms with E-state index in [1.165, 1.54) is 12.8 Å². The molecule has 0 aromatic rings. The Labute approximate surface area is 111 Å². The van der Waals surface area contributed by atoms with Crippen LogP contribution in [0.25, 0.3) is 0 Å². The van der Waals surface area contributed by atoms with Gasteiger partial charge in [0.15, 0.2) is 0 Å². The second-order valence-electron chi connectivity index (χ2n) is 6.08. The summed E-state index contributed by atoms with van der Waals surface area (Å²) >= 11 is 0. The van der Waals surface area contributed by atoms with Crippen LogP contribution >= 0.6 is 0 Å². The maximum Gasteiger partial charge on any atom is 0.214 e. The molecule has 1 aliphatic carbocycles. The van der Waals surface area contributed by atoms with Crippen molar-refractivity contribution in [2.75, 3.05) is 25.4 Å². The van der Waals surface area contributed by atoms with Gasteiger partial charge >= 0.3 is 0 Å². The van der Waals surface area contributed by atoms with Gasteiger partial charge in [-0.25, -0.2) is 8.42 Å². The second-order valence-corrected chi connectivity index (χ2v) is 8.04. The predicted molar refractivity (Wildman–Crippen MR) is 73.9 cm³/mol. The molecule has 2 aliphatic rings. The Bertz CT molecular complexity index is 357. The van der Waals surface area contributed by atoms with Gasteiger partial charge in [0, 0.05) is 12.6 Å².